The Morgan fingerprint density at radius 3 is 2.94 bits per heavy atom. The Balaban J connectivity index is 2.09. The molecule has 4 heteroatoms. The minimum atomic E-state index is 0.261. The summed E-state index contributed by atoms with van der Waals surface area (Å²) in [6.45, 7) is 2.34. The SMILES string of the molecule is CC1CCCC(C(NN)c2cnn(C)c2)C1. The number of aryl methyl sites for hydroxylation is 1. The fourth-order valence-corrected chi connectivity index (χ4v) is 2.89. The molecule has 3 atom stereocenters. The Morgan fingerprint density at radius 1 is 1.56 bits per heavy atom. The third-order valence-electron chi connectivity index (χ3n) is 3.71. The van der Waals surface area contributed by atoms with Gasteiger partial charge in [0.05, 0.1) is 12.2 Å². The predicted molar refractivity (Wildman–Crippen MR) is 64.4 cm³/mol. The molecule has 16 heavy (non-hydrogen) atoms. The molecule has 0 saturated heterocycles. The Kier molecular flexibility index (Phi) is 3.61. The van der Waals surface area contributed by atoms with Gasteiger partial charge in [-0.25, -0.2) is 0 Å². The average Bonchev–Trinajstić information content (AvgIpc) is 2.66. The first-order valence-corrected chi connectivity index (χ1v) is 6.15. The topological polar surface area (TPSA) is 55.9 Å². The van der Waals surface area contributed by atoms with Crippen LogP contribution in [0, 0.1) is 11.8 Å². The lowest BCUT2D eigenvalue weighted by atomic mass is 9.77. The zero-order valence-corrected chi connectivity index (χ0v) is 10.2. The minimum absolute atomic E-state index is 0.261. The number of nitrogens with two attached hydrogens (primary N) is 1. The van der Waals surface area contributed by atoms with Crippen molar-refractivity contribution in [3.05, 3.63) is 18.0 Å². The molecule has 0 radical (unpaired) electrons. The van der Waals surface area contributed by atoms with Crippen LogP contribution in [0.5, 0.6) is 0 Å². The summed E-state index contributed by atoms with van der Waals surface area (Å²) in [4.78, 5) is 0. The number of rotatable bonds is 3. The van der Waals surface area contributed by atoms with Gasteiger partial charge in [0.15, 0.2) is 0 Å². The van der Waals surface area contributed by atoms with E-state index in [0.29, 0.717) is 5.92 Å². The largest absolute Gasteiger partial charge is 0.275 e. The van der Waals surface area contributed by atoms with Crippen LogP contribution in [-0.4, -0.2) is 9.78 Å². The highest BCUT2D eigenvalue weighted by Crippen LogP contribution is 2.36. The first kappa shape index (κ1) is 11.6. The third-order valence-corrected chi connectivity index (χ3v) is 3.71. The van der Waals surface area contributed by atoms with E-state index in [-0.39, 0.29) is 6.04 Å². The van der Waals surface area contributed by atoms with Gasteiger partial charge in [0.25, 0.3) is 0 Å². The molecule has 3 unspecified atom stereocenters. The van der Waals surface area contributed by atoms with Crippen molar-refractivity contribution >= 4 is 0 Å². The highest BCUT2D eigenvalue weighted by atomic mass is 15.3. The van der Waals surface area contributed by atoms with Crippen LogP contribution < -0.4 is 11.3 Å². The maximum absolute atomic E-state index is 5.70. The van der Waals surface area contributed by atoms with Crippen LogP contribution in [0.2, 0.25) is 0 Å². The van der Waals surface area contributed by atoms with Gasteiger partial charge in [0.2, 0.25) is 0 Å². The molecule has 4 nitrogen and oxygen atoms in total. The molecule has 2 rings (SSSR count). The Morgan fingerprint density at radius 2 is 2.38 bits per heavy atom. The highest BCUT2D eigenvalue weighted by molar-refractivity contribution is 5.11. The van der Waals surface area contributed by atoms with Crippen molar-refractivity contribution in [2.45, 2.75) is 38.6 Å². The Hall–Kier alpha value is -0.870. The quantitative estimate of drug-likeness (QED) is 0.605. The number of hydrogen-bond acceptors (Lipinski definition) is 3. The van der Waals surface area contributed by atoms with E-state index in [4.69, 9.17) is 5.84 Å². The molecule has 0 amide bonds. The van der Waals surface area contributed by atoms with Gasteiger partial charge in [0, 0.05) is 18.8 Å². The van der Waals surface area contributed by atoms with Crippen molar-refractivity contribution in [3.8, 4) is 0 Å². The summed E-state index contributed by atoms with van der Waals surface area (Å²) in [5.74, 6) is 7.18. The van der Waals surface area contributed by atoms with Crippen molar-refractivity contribution in [1.29, 1.82) is 0 Å². The average molecular weight is 222 g/mol. The van der Waals surface area contributed by atoms with Gasteiger partial charge in [-0.3, -0.25) is 16.0 Å². The van der Waals surface area contributed by atoms with E-state index in [1.807, 2.05) is 17.9 Å². The molecule has 1 heterocycles. The summed E-state index contributed by atoms with van der Waals surface area (Å²) in [6.07, 6.45) is 9.20. The lowest BCUT2D eigenvalue weighted by Gasteiger charge is -2.32. The summed E-state index contributed by atoms with van der Waals surface area (Å²) < 4.78 is 1.84. The van der Waals surface area contributed by atoms with Crippen LogP contribution in [-0.2, 0) is 7.05 Å². The monoisotopic (exact) mass is 222 g/mol. The second kappa shape index (κ2) is 4.97. The lowest BCUT2D eigenvalue weighted by Crippen LogP contribution is -2.35. The van der Waals surface area contributed by atoms with Crippen LogP contribution >= 0.6 is 0 Å². The maximum Gasteiger partial charge on any atom is 0.0538 e. The molecule has 1 aromatic heterocycles. The molecule has 1 aromatic rings. The molecule has 1 fully saturated rings. The van der Waals surface area contributed by atoms with Crippen LogP contribution in [0.15, 0.2) is 12.4 Å². The lowest BCUT2D eigenvalue weighted by molar-refractivity contribution is 0.224. The molecule has 90 valence electrons. The van der Waals surface area contributed by atoms with Crippen molar-refractivity contribution in [3.63, 3.8) is 0 Å². The van der Waals surface area contributed by atoms with E-state index in [0.717, 1.165) is 5.92 Å². The maximum atomic E-state index is 5.70. The standard InChI is InChI=1S/C12H22N4/c1-9-4-3-5-10(6-9)12(15-13)11-7-14-16(2)8-11/h7-10,12,15H,3-6,13H2,1-2H3. The normalized spacial score (nSPS) is 27.9. The van der Waals surface area contributed by atoms with E-state index in [1.165, 1.54) is 31.2 Å². The first-order chi connectivity index (χ1) is 7.70. The van der Waals surface area contributed by atoms with Gasteiger partial charge in [-0.15, -0.1) is 0 Å². The van der Waals surface area contributed by atoms with Gasteiger partial charge >= 0.3 is 0 Å². The summed E-state index contributed by atoms with van der Waals surface area (Å²) in [6, 6.07) is 0.261. The van der Waals surface area contributed by atoms with Crippen LogP contribution in [0.3, 0.4) is 0 Å². The van der Waals surface area contributed by atoms with Crippen molar-refractivity contribution in [2.75, 3.05) is 0 Å². The molecule has 1 aliphatic rings. The summed E-state index contributed by atoms with van der Waals surface area (Å²) in [5.41, 5.74) is 4.18. The summed E-state index contributed by atoms with van der Waals surface area (Å²) in [5, 5.41) is 4.22. The first-order valence-electron chi connectivity index (χ1n) is 6.15. The zero-order valence-electron chi connectivity index (χ0n) is 10.2. The molecule has 1 saturated carbocycles. The second-order valence-electron chi connectivity index (χ2n) is 5.12. The Bertz CT molecular complexity index is 334. The molecule has 0 aliphatic heterocycles. The summed E-state index contributed by atoms with van der Waals surface area (Å²) >= 11 is 0. The van der Waals surface area contributed by atoms with E-state index in [2.05, 4.69) is 23.6 Å². The van der Waals surface area contributed by atoms with Crippen molar-refractivity contribution in [1.82, 2.24) is 15.2 Å². The highest BCUT2D eigenvalue weighted by Gasteiger charge is 2.27. The molecule has 0 aromatic carbocycles. The predicted octanol–water partition coefficient (Wildman–Crippen LogP) is 1.75. The van der Waals surface area contributed by atoms with E-state index in [9.17, 15) is 0 Å². The van der Waals surface area contributed by atoms with Crippen LogP contribution in [0.4, 0.5) is 0 Å². The van der Waals surface area contributed by atoms with Crippen molar-refractivity contribution < 1.29 is 0 Å². The van der Waals surface area contributed by atoms with E-state index < -0.39 is 0 Å². The van der Waals surface area contributed by atoms with E-state index >= 15 is 0 Å². The molecular weight excluding hydrogens is 200 g/mol. The van der Waals surface area contributed by atoms with Gasteiger partial charge in [0.1, 0.15) is 0 Å². The number of aromatic nitrogens is 2. The molecule has 3 N–H and O–H groups in total. The van der Waals surface area contributed by atoms with E-state index in [1.54, 1.807) is 0 Å². The van der Waals surface area contributed by atoms with Gasteiger partial charge in [-0.2, -0.15) is 5.10 Å². The number of hydrogen-bond donors (Lipinski definition) is 2. The number of nitrogens with zero attached hydrogens (tertiary/aromatic N) is 2. The molecule has 0 bridgehead atoms. The molecule has 0 spiro atoms. The second-order valence-corrected chi connectivity index (χ2v) is 5.12. The van der Waals surface area contributed by atoms with Gasteiger partial charge in [-0.1, -0.05) is 19.8 Å². The number of hydrazine groups is 1. The molecular formula is C12H22N4. The Labute approximate surface area is 97.2 Å². The fraction of sp³-hybridized carbons (Fsp3) is 0.750. The van der Waals surface area contributed by atoms with Crippen molar-refractivity contribution in [2.24, 2.45) is 24.7 Å². The third kappa shape index (κ3) is 2.44. The van der Waals surface area contributed by atoms with Gasteiger partial charge < -0.3 is 0 Å². The van der Waals surface area contributed by atoms with Crippen LogP contribution in [0.25, 0.3) is 0 Å². The van der Waals surface area contributed by atoms with Crippen LogP contribution in [0.1, 0.15) is 44.2 Å². The zero-order chi connectivity index (χ0) is 11.5. The number of nitrogens with one attached hydrogen (secondary N) is 1. The summed E-state index contributed by atoms with van der Waals surface area (Å²) in [7, 11) is 1.95. The smallest absolute Gasteiger partial charge is 0.0538 e. The fourth-order valence-electron chi connectivity index (χ4n) is 2.89. The molecule has 1 aliphatic carbocycles. The van der Waals surface area contributed by atoms with Gasteiger partial charge in [-0.05, 0) is 24.7 Å². The minimum Gasteiger partial charge on any atom is -0.275 e.